The van der Waals surface area contributed by atoms with Crippen LogP contribution in [0, 0.1) is 18.8 Å². The topological polar surface area (TPSA) is 207 Å². The fourth-order valence-electron chi connectivity index (χ4n) is 8.04. The van der Waals surface area contributed by atoms with Crippen LogP contribution >= 0.6 is 0 Å². The number of ether oxygens (including phenoxy) is 2. The number of carbonyl (C=O) groups excluding carboxylic acids is 5. The number of hydrogen-bond acceptors (Lipinski definition) is 10. The van der Waals surface area contributed by atoms with Gasteiger partial charge in [0.25, 0.3) is 5.91 Å². The number of aryl methyl sites for hydroxylation is 1. The number of nitrogens with zero attached hydrogens (tertiary/aromatic N) is 2. The summed E-state index contributed by atoms with van der Waals surface area (Å²) in [5.74, 6) is -18.1. The van der Waals surface area contributed by atoms with Gasteiger partial charge in [-0.2, -0.15) is 30.7 Å². The number of rotatable bonds is 15. The van der Waals surface area contributed by atoms with E-state index < -0.39 is 53.8 Å². The number of nitrogens with one attached hydrogen (secondary N) is 4. The molecule has 6 N–H and O–H groups in total. The smallest absolute Gasteiger partial charge is 0.464 e. The summed E-state index contributed by atoms with van der Waals surface area (Å²) in [7, 11) is 0.539. The Kier molecular flexibility index (Phi) is 15.2. The number of hydrogen-bond donors (Lipinski definition) is 5. The van der Waals surface area contributed by atoms with Crippen LogP contribution in [0.3, 0.4) is 0 Å². The van der Waals surface area contributed by atoms with Gasteiger partial charge in [-0.15, -0.1) is 10.2 Å². The number of benzene rings is 3. The number of anilines is 1. The number of nitrogens with two attached hydrogens (primary N) is 1. The van der Waals surface area contributed by atoms with E-state index >= 15 is 0 Å². The molecular weight excluding hydrogens is 884 g/mol. The first kappa shape index (κ1) is 49.1. The summed E-state index contributed by atoms with van der Waals surface area (Å²) < 4.78 is 103. The van der Waals surface area contributed by atoms with E-state index in [1.165, 1.54) is 24.3 Å². The molecule has 1 heterocycles. The zero-order chi connectivity index (χ0) is 48.0. The standard InChI is InChI=1S/C45H48F7N7O7/c1-24-21-30(38(61)54-32-16-18-33(19-17-32)66-42(64)45(50,51)52)13-20-34(24)27-7-3-25(4-8-27)22-35(56-37(60)29-9-5-26(23-53)6-10-29)39(62)55-31-14-11-28(12-15-31)36-57-40(59-58-36)43(46,47)44(48,49)41(63)65-2/h3-4,7-8,11-15,20-21,26,29,32-33,35H,5-6,9-10,16-19,22-23,53H2,1-2H3,(H,54,61)(H,55,62)(H,56,60)(H,57,58,59)/t26-,29-,32-,33-,35-/m0/s1. The van der Waals surface area contributed by atoms with Crippen molar-refractivity contribution in [1.82, 2.24) is 25.8 Å². The monoisotopic (exact) mass is 931 g/mol. The average Bonchev–Trinajstić information content (AvgIpc) is 3.81. The van der Waals surface area contributed by atoms with E-state index in [-0.39, 0.29) is 60.1 Å². The maximum atomic E-state index is 14.5. The predicted molar refractivity (Wildman–Crippen MR) is 224 cm³/mol. The molecule has 0 saturated heterocycles. The van der Waals surface area contributed by atoms with E-state index in [0.717, 1.165) is 29.5 Å². The molecule has 6 rings (SSSR count). The summed E-state index contributed by atoms with van der Waals surface area (Å²) in [6.45, 7) is 2.35. The van der Waals surface area contributed by atoms with Gasteiger partial charge in [0.1, 0.15) is 12.1 Å². The van der Waals surface area contributed by atoms with Crippen LogP contribution in [0.5, 0.6) is 0 Å². The molecule has 66 heavy (non-hydrogen) atoms. The van der Waals surface area contributed by atoms with E-state index in [0.29, 0.717) is 56.4 Å². The van der Waals surface area contributed by atoms with Gasteiger partial charge in [-0.3, -0.25) is 14.4 Å². The van der Waals surface area contributed by atoms with Gasteiger partial charge in [0.05, 0.1) is 7.11 Å². The number of H-pyrrole nitrogens is 1. The van der Waals surface area contributed by atoms with Crippen molar-refractivity contribution in [1.29, 1.82) is 0 Å². The van der Waals surface area contributed by atoms with Crippen LogP contribution < -0.4 is 21.7 Å². The van der Waals surface area contributed by atoms with Crippen LogP contribution in [0.4, 0.5) is 36.4 Å². The largest absolute Gasteiger partial charge is 0.490 e. The lowest BCUT2D eigenvalue weighted by Crippen LogP contribution is -2.48. The molecule has 0 radical (unpaired) electrons. The zero-order valence-corrected chi connectivity index (χ0v) is 35.8. The molecule has 2 aliphatic carbocycles. The van der Waals surface area contributed by atoms with Gasteiger partial charge in [0.15, 0.2) is 5.82 Å². The summed E-state index contributed by atoms with van der Waals surface area (Å²) in [6, 6.07) is 16.6. The third-order valence-electron chi connectivity index (χ3n) is 11.9. The summed E-state index contributed by atoms with van der Waals surface area (Å²) in [5, 5.41) is 15.2. The lowest BCUT2D eigenvalue weighted by Gasteiger charge is -2.29. The van der Waals surface area contributed by atoms with Crippen LogP contribution in [-0.4, -0.2) is 88.8 Å². The highest BCUT2D eigenvalue weighted by molar-refractivity contribution is 5.98. The van der Waals surface area contributed by atoms with Crippen LogP contribution in [-0.2, 0) is 41.0 Å². The fourth-order valence-corrected chi connectivity index (χ4v) is 8.04. The van der Waals surface area contributed by atoms with Gasteiger partial charge in [0, 0.05) is 35.2 Å². The summed E-state index contributed by atoms with van der Waals surface area (Å²) in [4.78, 5) is 65.0. The highest BCUT2D eigenvalue weighted by Gasteiger charge is 2.66. The molecule has 1 aromatic heterocycles. The van der Waals surface area contributed by atoms with Crippen LogP contribution in [0.1, 0.15) is 78.7 Å². The predicted octanol–water partition coefficient (Wildman–Crippen LogP) is 6.92. The number of methoxy groups -OCH3 is 1. The van der Waals surface area contributed by atoms with E-state index in [4.69, 9.17) is 5.73 Å². The van der Waals surface area contributed by atoms with E-state index in [9.17, 15) is 54.7 Å². The van der Waals surface area contributed by atoms with Gasteiger partial charge in [-0.25, -0.2) is 9.59 Å². The second-order valence-electron chi connectivity index (χ2n) is 16.5. The summed E-state index contributed by atoms with van der Waals surface area (Å²) in [6.07, 6.45) is -2.02. The van der Waals surface area contributed by atoms with Crippen molar-refractivity contribution in [2.45, 2.75) is 101 Å². The first-order valence-corrected chi connectivity index (χ1v) is 21.2. The first-order chi connectivity index (χ1) is 31.2. The molecule has 3 aromatic carbocycles. The molecule has 0 aliphatic heterocycles. The molecule has 0 bridgehead atoms. The van der Waals surface area contributed by atoms with Crippen molar-refractivity contribution in [2.75, 3.05) is 19.0 Å². The summed E-state index contributed by atoms with van der Waals surface area (Å²) >= 11 is 0. The average molecular weight is 932 g/mol. The Morgan fingerprint density at radius 1 is 0.803 bits per heavy atom. The van der Waals surface area contributed by atoms with Crippen molar-refractivity contribution in [2.24, 2.45) is 17.6 Å². The van der Waals surface area contributed by atoms with Crippen LogP contribution in [0.15, 0.2) is 66.7 Å². The van der Waals surface area contributed by atoms with Gasteiger partial charge in [-0.05, 0) is 129 Å². The number of amides is 3. The molecular formula is C45H48F7N7O7. The van der Waals surface area contributed by atoms with Gasteiger partial charge in [0.2, 0.25) is 17.6 Å². The van der Waals surface area contributed by atoms with Gasteiger partial charge in [-0.1, -0.05) is 30.3 Å². The number of aromatic nitrogens is 3. The Balaban J connectivity index is 1.10. The second-order valence-corrected chi connectivity index (χ2v) is 16.5. The normalized spacial score (nSPS) is 19.5. The lowest BCUT2D eigenvalue weighted by molar-refractivity contribution is -0.233. The highest BCUT2D eigenvalue weighted by atomic mass is 19.4. The van der Waals surface area contributed by atoms with Crippen molar-refractivity contribution >= 4 is 35.3 Å². The van der Waals surface area contributed by atoms with Gasteiger partial charge < -0.3 is 36.1 Å². The molecule has 0 spiro atoms. The molecule has 0 unspecified atom stereocenters. The Labute approximate surface area is 374 Å². The molecule has 4 aromatic rings. The van der Waals surface area contributed by atoms with Crippen molar-refractivity contribution in [3.63, 3.8) is 0 Å². The number of halogens is 7. The summed E-state index contributed by atoms with van der Waals surface area (Å²) in [5.41, 5.74) is 9.70. The minimum Gasteiger partial charge on any atom is -0.464 e. The third kappa shape index (κ3) is 11.5. The minimum absolute atomic E-state index is 0.0874. The molecule has 1 atom stereocenters. The van der Waals surface area contributed by atoms with Gasteiger partial charge >= 0.3 is 30.0 Å². The molecule has 14 nitrogen and oxygen atoms in total. The maximum Gasteiger partial charge on any atom is 0.490 e. The molecule has 3 amide bonds. The van der Waals surface area contributed by atoms with E-state index in [1.807, 2.05) is 36.2 Å². The SMILES string of the molecule is COC(=O)C(F)(F)C(F)(F)c1nnc(-c2ccc(NC(=O)[C@H](Cc3ccc(-c4ccc(C(=O)N[C@H]5CC[C@H](OC(=O)C(F)(F)F)CC5)cc4C)cc3)NC(=O)[C@H]3CC[C@H](CN)CC3)cc2)[nH]1. The number of aromatic amines is 1. The number of esters is 2. The van der Waals surface area contributed by atoms with Crippen LogP contribution in [0.2, 0.25) is 0 Å². The first-order valence-electron chi connectivity index (χ1n) is 21.2. The van der Waals surface area contributed by atoms with Crippen molar-refractivity contribution < 1.29 is 64.2 Å². The number of alkyl halides is 7. The quantitative estimate of drug-likeness (QED) is 0.0614. The number of carbonyl (C=O) groups is 5. The Bertz CT molecular complexity index is 2380. The molecule has 2 aliphatic rings. The van der Waals surface area contributed by atoms with Crippen molar-refractivity contribution in [3.8, 4) is 22.5 Å². The highest BCUT2D eigenvalue weighted by Crippen LogP contribution is 2.42. The molecule has 2 saturated carbocycles. The Hall–Kier alpha value is -6.38. The zero-order valence-electron chi connectivity index (χ0n) is 35.8. The Morgan fingerprint density at radius 2 is 1.44 bits per heavy atom. The van der Waals surface area contributed by atoms with E-state index in [2.05, 4.69) is 35.6 Å². The fraction of sp³-hybridized carbons (Fsp3) is 0.444. The van der Waals surface area contributed by atoms with E-state index in [1.54, 1.807) is 18.2 Å². The van der Waals surface area contributed by atoms with Crippen LogP contribution in [0.25, 0.3) is 22.5 Å². The third-order valence-corrected chi connectivity index (χ3v) is 11.9. The van der Waals surface area contributed by atoms with Crippen molar-refractivity contribution in [3.05, 3.63) is 89.2 Å². The Morgan fingerprint density at radius 3 is 2.03 bits per heavy atom. The molecule has 354 valence electrons. The lowest BCUT2D eigenvalue weighted by atomic mass is 9.81. The second kappa shape index (κ2) is 20.4. The molecule has 2 fully saturated rings. The minimum atomic E-state index is -5.23. The molecule has 21 heteroatoms. The maximum absolute atomic E-state index is 14.5.